The largest absolute Gasteiger partial charge is 0.508 e. The van der Waals surface area contributed by atoms with Gasteiger partial charge in [-0.3, -0.25) is 19.7 Å². The predicted octanol–water partition coefficient (Wildman–Crippen LogP) is 2.28. The molecular formula is C24H31N3O8. The maximum Gasteiger partial charge on any atom is 0.329 e. The average Bonchev–Trinajstić information content (AvgIpc) is 2.73. The van der Waals surface area contributed by atoms with Crippen LogP contribution in [0.2, 0.25) is 0 Å². The second-order valence-corrected chi connectivity index (χ2v) is 9.37. The molecule has 0 spiro atoms. The molecule has 35 heavy (non-hydrogen) atoms. The molecule has 11 nitrogen and oxygen atoms in total. The Morgan fingerprint density at radius 3 is 2.31 bits per heavy atom. The Bertz CT molecular complexity index is 1020. The summed E-state index contributed by atoms with van der Waals surface area (Å²) in [7, 11) is 0. The summed E-state index contributed by atoms with van der Waals surface area (Å²) in [5, 5.41) is 35.6. The summed E-state index contributed by atoms with van der Waals surface area (Å²) in [4.78, 5) is 48.3. The first kappa shape index (κ1) is 27.4. The predicted molar refractivity (Wildman–Crippen MR) is 126 cm³/mol. The van der Waals surface area contributed by atoms with Crippen LogP contribution in [0.5, 0.6) is 5.75 Å². The van der Waals surface area contributed by atoms with Crippen molar-refractivity contribution in [1.29, 1.82) is 0 Å². The zero-order chi connectivity index (χ0) is 26.3. The molecule has 0 aromatic heterocycles. The van der Waals surface area contributed by atoms with Gasteiger partial charge in [-0.25, -0.2) is 4.79 Å². The standard InChI is InChI=1S/C24H31N3O8/c1-14(28)25-18(12-16-7-10-21(30)20(13-16)27(33)34)22(31)26-19(23(32)35-24(2,3)4)11-15-5-8-17(29)9-6-15/h5-10,16,18-19,29-30H,11-13H2,1-4H3,(H,25,28)(H,26,31)/t16?,18-,19-/m0/s1. The Kier molecular flexibility index (Phi) is 8.99. The van der Waals surface area contributed by atoms with E-state index in [9.17, 15) is 34.7 Å². The molecule has 1 unspecified atom stereocenters. The van der Waals surface area contributed by atoms with Crippen LogP contribution in [-0.4, -0.2) is 50.6 Å². The number of benzene rings is 1. The van der Waals surface area contributed by atoms with Crippen LogP contribution in [0.15, 0.2) is 47.9 Å². The van der Waals surface area contributed by atoms with Crippen molar-refractivity contribution in [2.75, 3.05) is 0 Å². The summed E-state index contributed by atoms with van der Waals surface area (Å²) in [6.07, 6.45) is 2.68. The number of nitrogens with one attached hydrogen (secondary N) is 2. The Hall–Kier alpha value is -3.89. The molecule has 0 aliphatic heterocycles. The van der Waals surface area contributed by atoms with E-state index in [2.05, 4.69) is 10.6 Å². The number of hydrogen-bond acceptors (Lipinski definition) is 8. The highest BCUT2D eigenvalue weighted by molar-refractivity contribution is 5.90. The number of allylic oxidation sites excluding steroid dienone is 3. The first-order valence-electron chi connectivity index (χ1n) is 11.1. The molecule has 3 atom stereocenters. The summed E-state index contributed by atoms with van der Waals surface area (Å²) in [5.74, 6) is -2.75. The Balaban J connectivity index is 2.22. The molecular weight excluding hydrogens is 458 g/mol. The van der Waals surface area contributed by atoms with Gasteiger partial charge in [-0.05, 0) is 56.9 Å². The lowest BCUT2D eigenvalue weighted by Gasteiger charge is -2.27. The van der Waals surface area contributed by atoms with Gasteiger partial charge in [-0.15, -0.1) is 0 Å². The van der Waals surface area contributed by atoms with Gasteiger partial charge < -0.3 is 25.6 Å². The van der Waals surface area contributed by atoms with Crippen molar-refractivity contribution in [3.63, 3.8) is 0 Å². The van der Waals surface area contributed by atoms with Gasteiger partial charge in [-0.2, -0.15) is 0 Å². The van der Waals surface area contributed by atoms with Gasteiger partial charge in [-0.1, -0.05) is 18.2 Å². The number of nitro groups is 1. The van der Waals surface area contributed by atoms with Crippen LogP contribution in [0, 0.1) is 16.0 Å². The van der Waals surface area contributed by atoms with Crippen molar-refractivity contribution >= 4 is 17.8 Å². The van der Waals surface area contributed by atoms with E-state index in [-0.39, 0.29) is 30.7 Å². The number of esters is 1. The van der Waals surface area contributed by atoms with Gasteiger partial charge >= 0.3 is 5.97 Å². The van der Waals surface area contributed by atoms with E-state index in [4.69, 9.17) is 4.74 Å². The minimum atomic E-state index is -1.10. The van der Waals surface area contributed by atoms with Crippen molar-refractivity contribution in [2.45, 2.75) is 64.6 Å². The minimum Gasteiger partial charge on any atom is -0.508 e. The lowest BCUT2D eigenvalue weighted by atomic mass is 9.90. The minimum absolute atomic E-state index is 0.00673. The molecule has 1 aromatic rings. The summed E-state index contributed by atoms with van der Waals surface area (Å²) in [6, 6.07) is 3.93. The molecule has 0 radical (unpaired) electrons. The highest BCUT2D eigenvalue weighted by Gasteiger charge is 2.33. The molecule has 11 heteroatoms. The van der Waals surface area contributed by atoms with Crippen LogP contribution >= 0.6 is 0 Å². The second kappa shape index (κ2) is 11.5. The third-order valence-electron chi connectivity index (χ3n) is 5.11. The topological polar surface area (TPSA) is 168 Å². The summed E-state index contributed by atoms with van der Waals surface area (Å²) >= 11 is 0. The van der Waals surface area contributed by atoms with Gasteiger partial charge in [0.25, 0.3) is 5.70 Å². The van der Waals surface area contributed by atoms with Crippen molar-refractivity contribution < 1.29 is 34.3 Å². The Morgan fingerprint density at radius 1 is 1.14 bits per heavy atom. The molecule has 0 bridgehead atoms. The number of phenols is 1. The SMILES string of the molecule is CC(=O)N[C@@H](CC1C=CC(O)=C([N+](=O)[O-])C1)C(=O)N[C@@H](Cc1ccc(O)cc1)C(=O)OC(C)(C)C. The van der Waals surface area contributed by atoms with E-state index in [1.54, 1.807) is 32.9 Å². The zero-order valence-electron chi connectivity index (χ0n) is 20.1. The summed E-state index contributed by atoms with van der Waals surface area (Å²) in [6.45, 7) is 6.30. The molecule has 0 saturated heterocycles. The molecule has 4 N–H and O–H groups in total. The van der Waals surface area contributed by atoms with E-state index in [1.165, 1.54) is 31.2 Å². The van der Waals surface area contributed by atoms with Crippen molar-refractivity contribution in [3.05, 3.63) is 63.6 Å². The number of rotatable bonds is 9. The van der Waals surface area contributed by atoms with Crippen LogP contribution in [0.1, 0.15) is 46.1 Å². The number of nitrogens with zero attached hydrogens (tertiary/aromatic N) is 1. The highest BCUT2D eigenvalue weighted by atomic mass is 16.6. The van der Waals surface area contributed by atoms with Gasteiger partial charge in [0.15, 0.2) is 5.76 Å². The first-order chi connectivity index (χ1) is 16.2. The maximum atomic E-state index is 13.2. The van der Waals surface area contributed by atoms with Crippen LogP contribution in [0.3, 0.4) is 0 Å². The lowest BCUT2D eigenvalue weighted by Crippen LogP contribution is -2.53. The van der Waals surface area contributed by atoms with Crippen LogP contribution < -0.4 is 10.6 Å². The van der Waals surface area contributed by atoms with E-state index >= 15 is 0 Å². The van der Waals surface area contributed by atoms with E-state index < -0.39 is 52.1 Å². The van der Waals surface area contributed by atoms with Gasteiger partial charge in [0.1, 0.15) is 23.4 Å². The average molecular weight is 490 g/mol. The lowest BCUT2D eigenvalue weighted by molar-refractivity contribution is -0.431. The molecule has 0 saturated carbocycles. The van der Waals surface area contributed by atoms with E-state index in [1.807, 2.05) is 0 Å². The number of aliphatic hydroxyl groups excluding tert-OH is 1. The third-order valence-corrected chi connectivity index (χ3v) is 5.11. The van der Waals surface area contributed by atoms with E-state index in [0.29, 0.717) is 5.56 Å². The van der Waals surface area contributed by atoms with Gasteiger partial charge in [0.2, 0.25) is 11.8 Å². The van der Waals surface area contributed by atoms with Crippen LogP contribution in [0.4, 0.5) is 0 Å². The monoisotopic (exact) mass is 489 g/mol. The number of hydrogen-bond donors (Lipinski definition) is 4. The molecule has 1 aromatic carbocycles. The number of carbonyl (C=O) groups is 3. The second-order valence-electron chi connectivity index (χ2n) is 9.37. The summed E-state index contributed by atoms with van der Waals surface area (Å²) in [5.41, 5.74) is -0.536. The number of aromatic hydroxyl groups is 1. The number of amides is 2. The van der Waals surface area contributed by atoms with Crippen molar-refractivity contribution in [1.82, 2.24) is 10.6 Å². The molecule has 1 aliphatic carbocycles. The van der Waals surface area contributed by atoms with Crippen LogP contribution in [0.25, 0.3) is 0 Å². The van der Waals surface area contributed by atoms with Crippen LogP contribution in [-0.2, 0) is 25.5 Å². The normalized spacial score (nSPS) is 17.3. The molecule has 2 amide bonds. The fourth-order valence-electron chi connectivity index (χ4n) is 3.56. The molecule has 190 valence electrons. The zero-order valence-corrected chi connectivity index (χ0v) is 20.1. The fraction of sp³-hybridized carbons (Fsp3) is 0.458. The number of phenolic OH excluding ortho intramolecular Hbond substituents is 1. The fourth-order valence-corrected chi connectivity index (χ4v) is 3.56. The smallest absolute Gasteiger partial charge is 0.329 e. The number of ether oxygens (including phenoxy) is 1. The third kappa shape index (κ3) is 8.76. The first-order valence-corrected chi connectivity index (χ1v) is 11.1. The Labute approximate surface area is 203 Å². The van der Waals surface area contributed by atoms with Gasteiger partial charge in [0.05, 0.1) is 4.92 Å². The Morgan fingerprint density at radius 2 is 1.77 bits per heavy atom. The summed E-state index contributed by atoms with van der Waals surface area (Å²) < 4.78 is 5.45. The highest BCUT2D eigenvalue weighted by Crippen LogP contribution is 2.26. The quantitative estimate of drug-likeness (QED) is 0.233. The molecule has 0 heterocycles. The molecule has 1 aliphatic rings. The van der Waals surface area contributed by atoms with E-state index in [0.717, 1.165) is 0 Å². The number of carbonyl (C=O) groups excluding carboxylic acids is 3. The van der Waals surface area contributed by atoms with Crippen molar-refractivity contribution in [2.24, 2.45) is 5.92 Å². The molecule has 2 rings (SSSR count). The number of aliphatic hydroxyl groups is 1. The molecule has 0 fully saturated rings. The van der Waals surface area contributed by atoms with Gasteiger partial charge in [0, 0.05) is 19.8 Å². The van der Waals surface area contributed by atoms with Crippen molar-refractivity contribution in [3.8, 4) is 5.75 Å². The maximum absolute atomic E-state index is 13.2.